The zero-order valence-corrected chi connectivity index (χ0v) is 12.0. The Morgan fingerprint density at radius 2 is 2.00 bits per heavy atom. The number of nitrogens with two attached hydrogens (primary N) is 1. The van der Waals surface area contributed by atoms with Crippen molar-refractivity contribution in [1.82, 2.24) is 9.88 Å². The summed E-state index contributed by atoms with van der Waals surface area (Å²) in [4.78, 5) is 6.57. The molecule has 106 valence electrons. The molecule has 2 N–H and O–H groups in total. The summed E-state index contributed by atoms with van der Waals surface area (Å²) >= 11 is 0. The Balaban J connectivity index is 1.89. The molecule has 0 fully saturated rings. The van der Waals surface area contributed by atoms with Crippen LogP contribution in [0.4, 0.5) is 5.69 Å². The monoisotopic (exact) mass is 271 g/mol. The topological polar surface area (TPSA) is 51.4 Å². The summed E-state index contributed by atoms with van der Waals surface area (Å²) in [5, 5.41) is 0. The third-order valence-corrected chi connectivity index (χ3v) is 3.23. The minimum Gasteiger partial charge on any atom is -0.496 e. The van der Waals surface area contributed by atoms with E-state index in [-0.39, 0.29) is 0 Å². The number of nitrogen functional groups attached to an aromatic ring is 1. The number of rotatable bonds is 6. The molecule has 2 rings (SSSR count). The van der Waals surface area contributed by atoms with Crippen molar-refractivity contribution in [2.75, 3.05) is 26.4 Å². The van der Waals surface area contributed by atoms with E-state index in [2.05, 4.69) is 23.0 Å². The number of pyridine rings is 1. The van der Waals surface area contributed by atoms with E-state index in [4.69, 9.17) is 10.5 Å². The molecule has 0 saturated carbocycles. The molecule has 1 aromatic carbocycles. The highest BCUT2D eigenvalue weighted by Crippen LogP contribution is 2.18. The van der Waals surface area contributed by atoms with Crippen molar-refractivity contribution in [2.24, 2.45) is 0 Å². The SMILES string of the molecule is COc1ccccc1CN(C)CCc1ccc(N)cn1. The molecule has 0 aliphatic carbocycles. The van der Waals surface area contributed by atoms with Crippen molar-refractivity contribution < 1.29 is 4.74 Å². The molecule has 1 heterocycles. The quantitative estimate of drug-likeness (QED) is 0.876. The highest BCUT2D eigenvalue weighted by atomic mass is 16.5. The van der Waals surface area contributed by atoms with E-state index >= 15 is 0 Å². The second kappa shape index (κ2) is 6.91. The number of methoxy groups -OCH3 is 1. The number of anilines is 1. The van der Waals surface area contributed by atoms with Gasteiger partial charge in [-0.2, -0.15) is 0 Å². The van der Waals surface area contributed by atoms with E-state index in [0.717, 1.165) is 31.0 Å². The van der Waals surface area contributed by atoms with Gasteiger partial charge >= 0.3 is 0 Å². The van der Waals surface area contributed by atoms with Crippen molar-refractivity contribution in [3.63, 3.8) is 0 Å². The Hall–Kier alpha value is -2.07. The summed E-state index contributed by atoms with van der Waals surface area (Å²) in [5.74, 6) is 0.935. The van der Waals surface area contributed by atoms with Crippen LogP contribution in [-0.4, -0.2) is 30.6 Å². The van der Waals surface area contributed by atoms with Crippen molar-refractivity contribution in [3.05, 3.63) is 53.9 Å². The molecule has 2 aromatic rings. The molecule has 0 spiro atoms. The van der Waals surface area contributed by atoms with Gasteiger partial charge in [0.15, 0.2) is 0 Å². The van der Waals surface area contributed by atoms with Crippen LogP contribution in [-0.2, 0) is 13.0 Å². The molecule has 1 aromatic heterocycles. The maximum atomic E-state index is 5.63. The lowest BCUT2D eigenvalue weighted by molar-refractivity contribution is 0.320. The smallest absolute Gasteiger partial charge is 0.123 e. The fourth-order valence-corrected chi connectivity index (χ4v) is 2.09. The molecule has 0 unspecified atom stereocenters. The van der Waals surface area contributed by atoms with Crippen LogP contribution < -0.4 is 10.5 Å². The fourth-order valence-electron chi connectivity index (χ4n) is 2.09. The molecule has 0 radical (unpaired) electrons. The zero-order chi connectivity index (χ0) is 14.4. The zero-order valence-electron chi connectivity index (χ0n) is 12.0. The Kier molecular flexibility index (Phi) is 4.96. The van der Waals surface area contributed by atoms with Gasteiger partial charge in [0.05, 0.1) is 19.0 Å². The van der Waals surface area contributed by atoms with E-state index in [1.807, 2.05) is 30.3 Å². The minimum atomic E-state index is 0.705. The van der Waals surface area contributed by atoms with Gasteiger partial charge in [-0.15, -0.1) is 0 Å². The Morgan fingerprint density at radius 3 is 2.70 bits per heavy atom. The number of nitrogens with zero attached hydrogens (tertiary/aromatic N) is 2. The molecule has 0 atom stereocenters. The van der Waals surface area contributed by atoms with Crippen LogP contribution in [0, 0.1) is 0 Å². The number of hydrogen-bond donors (Lipinski definition) is 1. The molecule has 0 saturated heterocycles. The molecule has 0 aliphatic heterocycles. The first-order valence-electron chi connectivity index (χ1n) is 6.70. The second-order valence-corrected chi connectivity index (χ2v) is 4.88. The van der Waals surface area contributed by atoms with E-state index in [0.29, 0.717) is 5.69 Å². The molecule has 4 nitrogen and oxygen atoms in total. The summed E-state index contributed by atoms with van der Waals surface area (Å²) in [7, 11) is 3.81. The van der Waals surface area contributed by atoms with Crippen LogP contribution in [0.5, 0.6) is 5.75 Å². The predicted molar refractivity (Wildman–Crippen MR) is 81.7 cm³/mol. The summed E-state index contributed by atoms with van der Waals surface area (Å²) in [5.41, 5.74) is 8.59. The van der Waals surface area contributed by atoms with Crippen LogP contribution in [0.3, 0.4) is 0 Å². The molecule has 0 bridgehead atoms. The van der Waals surface area contributed by atoms with Gasteiger partial charge in [0.2, 0.25) is 0 Å². The Morgan fingerprint density at radius 1 is 1.20 bits per heavy atom. The number of aromatic nitrogens is 1. The maximum absolute atomic E-state index is 5.63. The first-order valence-corrected chi connectivity index (χ1v) is 6.70. The lowest BCUT2D eigenvalue weighted by Gasteiger charge is -2.18. The van der Waals surface area contributed by atoms with Gasteiger partial charge < -0.3 is 15.4 Å². The Labute approximate surface area is 120 Å². The normalized spacial score (nSPS) is 10.8. The lowest BCUT2D eigenvalue weighted by atomic mass is 10.2. The average molecular weight is 271 g/mol. The third-order valence-electron chi connectivity index (χ3n) is 3.23. The summed E-state index contributed by atoms with van der Waals surface area (Å²) < 4.78 is 5.37. The van der Waals surface area contributed by atoms with Crippen molar-refractivity contribution in [3.8, 4) is 5.75 Å². The summed E-state index contributed by atoms with van der Waals surface area (Å²) in [6.07, 6.45) is 2.61. The van der Waals surface area contributed by atoms with E-state index < -0.39 is 0 Å². The standard InChI is InChI=1S/C16H21N3O/c1-19(10-9-15-8-7-14(17)11-18-15)12-13-5-3-4-6-16(13)20-2/h3-8,11H,9-10,12,17H2,1-2H3. The highest BCUT2D eigenvalue weighted by molar-refractivity contribution is 5.34. The average Bonchev–Trinajstić information content (AvgIpc) is 2.47. The van der Waals surface area contributed by atoms with Crippen LogP contribution in [0.25, 0.3) is 0 Å². The highest BCUT2D eigenvalue weighted by Gasteiger charge is 2.06. The largest absolute Gasteiger partial charge is 0.496 e. The van der Waals surface area contributed by atoms with Gasteiger partial charge in [0, 0.05) is 30.8 Å². The molecular formula is C16H21N3O. The van der Waals surface area contributed by atoms with Crippen LogP contribution in [0.15, 0.2) is 42.6 Å². The Bertz CT molecular complexity index is 540. The first-order chi connectivity index (χ1) is 9.69. The minimum absolute atomic E-state index is 0.705. The van der Waals surface area contributed by atoms with Gasteiger partial charge in [0.25, 0.3) is 0 Å². The first kappa shape index (κ1) is 14.3. The van der Waals surface area contributed by atoms with Crippen LogP contribution >= 0.6 is 0 Å². The lowest BCUT2D eigenvalue weighted by Crippen LogP contribution is -2.21. The number of benzene rings is 1. The summed E-state index contributed by atoms with van der Waals surface area (Å²) in [6.45, 7) is 1.80. The maximum Gasteiger partial charge on any atom is 0.123 e. The molecule has 0 amide bonds. The van der Waals surface area contributed by atoms with Crippen molar-refractivity contribution in [1.29, 1.82) is 0 Å². The van der Waals surface area contributed by atoms with E-state index in [1.54, 1.807) is 13.3 Å². The van der Waals surface area contributed by atoms with Crippen molar-refractivity contribution in [2.45, 2.75) is 13.0 Å². The van der Waals surface area contributed by atoms with Crippen molar-refractivity contribution >= 4 is 5.69 Å². The van der Waals surface area contributed by atoms with Gasteiger partial charge in [-0.1, -0.05) is 18.2 Å². The van der Waals surface area contributed by atoms with Gasteiger partial charge in [-0.3, -0.25) is 4.98 Å². The number of likely N-dealkylation sites (N-methyl/N-ethyl adjacent to an activating group) is 1. The van der Waals surface area contributed by atoms with Crippen LogP contribution in [0.2, 0.25) is 0 Å². The van der Waals surface area contributed by atoms with Gasteiger partial charge in [-0.05, 0) is 25.2 Å². The number of para-hydroxylation sites is 1. The molecular weight excluding hydrogens is 250 g/mol. The molecule has 0 aliphatic rings. The molecule has 4 heteroatoms. The van der Waals surface area contributed by atoms with Gasteiger partial charge in [0.1, 0.15) is 5.75 Å². The predicted octanol–water partition coefficient (Wildman–Crippen LogP) is 2.35. The molecule has 20 heavy (non-hydrogen) atoms. The van der Waals surface area contributed by atoms with Gasteiger partial charge in [-0.25, -0.2) is 0 Å². The van der Waals surface area contributed by atoms with Crippen LogP contribution in [0.1, 0.15) is 11.3 Å². The number of hydrogen-bond acceptors (Lipinski definition) is 4. The van der Waals surface area contributed by atoms with E-state index in [9.17, 15) is 0 Å². The third kappa shape index (κ3) is 3.96. The fraction of sp³-hybridized carbons (Fsp3) is 0.312. The second-order valence-electron chi connectivity index (χ2n) is 4.88. The number of ether oxygens (including phenoxy) is 1. The summed E-state index contributed by atoms with van der Waals surface area (Å²) in [6, 6.07) is 12.0. The van der Waals surface area contributed by atoms with E-state index in [1.165, 1.54) is 5.56 Å².